The first-order valence-electron chi connectivity index (χ1n) is 2.74. The van der Waals surface area contributed by atoms with E-state index in [-0.39, 0.29) is 35.6 Å². The molecule has 6 heteroatoms. The van der Waals surface area contributed by atoms with Gasteiger partial charge in [0.15, 0.2) is 0 Å². The van der Waals surface area contributed by atoms with E-state index in [9.17, 15) is 13.7 Å². The van der Waals surface area contributed by atoms with Gasteiger partial charge in [-0.2, -0.15) is 4.20 Å². The van der Waals surface area contributed by atoms with Crippen LogP contribution in [-0.2, 0) is 4.57 Å². The molecule has 0 saturated heterocycles. The maximum Gasteiger partial charge on any atom is 1.00 e. The van der Waals surface area contributed by atoms with E-state index in [0.717, 1.165) is 0 Å². The molecule has 0 aromatic carbocycles. The van der Waals surface area contributed by atoms with Gasteiger partial charge < -0.3 is 4.89 Å². The summed E-state index contributed by atoms with van der Waals surface area (Å²) in [6, 6.07) is -0.307. The van der Waals surface area contributed by atoms with Crippen molar-refractivity contribution in [3.63, 3.8) is 0 Å². The van der Waals surface area contributed by atoms with Crippen molar-refractivity contribution >= 4 is 7.83 Å². The largest absolute Gasteiger partial charge is 1.00 e. The van der Waals surface area contributed by atoms with Gasteiger partial charge in [-0.25, -0.2) is 5.09 Å². The maximum absolute atomic E-state index is 11.7. The van der Waals surface area contributed by atoms with Crippen molar-refractivity contribution in [2.75, 3.05) is 0 Å². The average Bonchev–Trinajstić information content (AvgIpc) is 1.62. The molecule has 3 nitrogen and oxygen atoms in total. The van der Waals surface area contributed by atoms with E-state index >= 15 is 0 Å². The Labute approximate surface area is 82.3 Å². The third-order valence-electron chi connectivity index (χ3n) is 0.987. The van der Waals surface area contributed by atoms with Crippen LogP contribution in [0.4, 0.5) is 4.20 Å². The molecule has 0 aliphatic carbocycles. The molecule has 0 aliphatic rings. The van der Waals surface area contributed by atoms with Crippen LogP contribution in [0.1, 0.15) is 20.3 Å². The summed E-state index contributed by atoms with van der Waals surface area (Å²) in [4.78, 5) is 9.85. The summed E-state index contributed by atoms with van der Waals surface area (Å²) in [6.45, 7) is 3.37. The van der Waals surface area contributed by atoms with Crippen LogP contribution in [-0.4, -0.2) is 6.04 Å². The van der Waals surface area contributed by atoms with Gasteiger partial charge in [-0.3, -0.25) is 4.57 Å². The van der Waals surface area contributed by atoms with Crippen molar-refractivity contribution in [3.8, 4) is 0 Å². The molecular formula is C4H10FNNaO2P. The normalized spacial score (nSPS) is 18.8. The predicted octanol–water partition coefficient (Wildman–Crippen LogP) is -2.18. The standard InChI is InChI=1S/C4H11FNO2P.Na/c1-3-4(2)6-9(5,7)8;/h4H,3H2,1-2H3,(H2,6,7,8);/q;+1/p-1. The SMILES string of the molecule is CCC(C)NP(=O)([O-])F.[Na+]. The minimum atomic E-state index is -4.74. The maximum atomic E-state index is 11.7. The van der Waals surface area contributed by atoms with Crippen LogP contribution in [0.5, 0.6) is 0 Å². The van der Waals surface area contributed by atoms with Crippen LogP contribution < -0.4 is 39.5 Å². The zero-order chi connectivity index (χ0) is 7.49. The first-order valence-corrected chi connectivity index (χ1v) is 4.25. The molecule has 0 aromatic heterocycles. The van der Waals surface area contributed by atoms with Crippen molar-refractivity contribution < 1.29 is 43.2 Å². The smallest absolute Gasteiger partial charge is 0.763 e. The third-order valence-corrected chi connectivity index (χ3v) is 1.74. The molecule has 0 saturated carbocycles. The fraction of sp³-hybridized carbons (Fsp3) is 1.00. The summed E-state index contributed by atoms with van der Waals surface area (Å²) in [7, 11) is -4.74. The van der Waals surface area contributed by atoms with Gasteiger partial charge in [0.1, 0.15) is 0 Å². The summed E-state index contributed by atoms with van der Waals surface area (Å²) in [5, 5.41) is 1.80. The van der Waals surface area contributed by atoms with Crippen LogP contribution in [0.25, 0.3) is 0 Å². The van der Waals surface area contributed by atoms with Gasteiger partial charge in [0.2, 0.25) is 7.83 Å². The van der Waals surface area contributed by atoms with E-state index in [1.54, 1.807) is 18.9 Å². The Morgan fingerprint density at radius 3 is 2.30 bits per heavy atom. The molecule has 10 heavy (non-hydrogen) atoms. The molecule has 0 aliphatic heterocycles. The average molecular weight is 177 g/mol. The first kappa shape index (κ1) is 13.7. The van der Waals surface area contributed by atoms with Gasteiger partial charge in [0.05, 0.1) is 0 Å². The second kappa shape index (κ2) is 5.70. The molecule has 0 spiro atoms. The Morgan fingerprint density at radius 1 is 1.80 bits per heavy atom. The number of hydrogen-bond acceptors (Lipinski definition) is 2. The van der Waals surface area contributed by atoms with Crippen LogP contribution in [0.2, 0.25) is 0 Å². The molecule has 56 valence electrons. The topological polar surface area (TPSA) is 52.2 Å². The summed E-state index contributed by atoms with van der Waals surface area (Å²) in [5.41, 5.74) is 0. The molecule has 1 N–H and O–H groups in total. The Kier molecular flexibility index (Phi) is 7.78. The van der Waals surface area contributed by atoms with Gasteiger partial charge in [-0.1, -0.05) is 6.92 Å². The molecule has 0 aromatic rings. The molecule has 2 atom stereocenters. The second-order valence-electron chi connectivity index (χ2n) is 1.92. The molecule has 0 rings (SSSR count). The van der Waals surface area contributed by atoms with Gasteiger partial charge >= 0.3 is 29.6 Å². The van der Waals surface area contributed by atoms with Crippen molar-refractivity contribution in [2.24, 2.45) is 0 Å². The summed E-state index contributed by atoms with van der Waals surface area (Å²) < 4.78 is 21.6. The fourth-order valence-electron chi connectivity index (χ4n) is 0.355. The van der Waals surface area contributed by atoms with Crippen LogP contribution >= 0.6 is 7.83 Å². The molecular weight excluding hydrogens is 167 g/mol. The van der Waals surface area contributed by atoms with Gasteiger partial charge in [0.25, 0.3) is 0 Å². The second-order valence-corrected chi connectivity index (χ2v) is 3.14. The molecule has 2 unspecified atom stereocenters. The summed E-state index contributed by atoms with van der Waals surface area (Å²) >= 11 is 0. The van der Waals surface area contributed by atoms with Gasteiger partial charge in [-0.15, -0.1) is 0 Å². The predicted molar refractivity (Wildman–Crippen MR) is 31.6 cm³/mol. The van der Waals surface area contributed by atoms with E-state index in [1.807, 2.05) is 0 Å². The Morgan fingerprint density at radius 2 is 2.20 bits per heavy atom. The summed E-state index contributed by atoms with van der Waals surface area (Å²) in [6.07, 6.45) is 0.593. The monoisotopic (exact) mass is 177 g/mol. The molecule has 0 radical (unpaired) electrons. The van der Waals surface area contributed by atoms with E-state index < -0.39 is 7.83 Å². The number of hydrogen-bond donors (Lipinski definition) is 1. The molecule has 0 fully saturated rings. The van der Waals surface area contributed by atoms with Gasteiger partial charge in [0, 0.05) is 6.04 Å². The Hall–Kier alpha value is 1.08. The molecule has 0 heterocycles. The quantitative estimate of drug-likeness (QED) is 0.393. The van der Waals surface area contributed by atoms with Crippen molar-refractivity contribution in [2.45, 2.75) is 26.3 Å². The minimum Gasteiger partial charge on any atom is -0.763 e. The Bertz CT molecular complexity index is 128. The molecule has 0 bridgehead atoms. The van der Waals surface area contributed by atoms with Crippen LogP contribution in [0, 0.1) is 0 Å². The van der Waals surface area contributed by atoms with Crippen LogP contribution in [0.3, 0.4) is 0 Å². The van der Waals surface area contributed by atoms with Gasteiger partial charge in [-0.05, 0) is 13.3 Å². The first-order chi connectivity index (χ1) is 3.95. The molecule has 0 amide bonds. The number of rotatable bonds is 3. The Balaban J connectivity index is 0. The fourth-order valence-corrected chi connectivity index (χ4v) is 1.06. The van der Waals surface area contributed by atoms with E-state index in [1.165, 1.54) is 0 Å². The third kappa shape index (κ3) is 9.08. The minimum absolute atomic E-state index is 0. The number of halogens is 1. The zero-order valence-electron chi connectivity index (χ0n) is 6.43. The van der Waals surface area contributed by atoms with E-state index in [4.69, 9.17) is 0 Å². The van der Waals surface area contributed by atoms with Crippen molar-refractivity contribution in [3.05, 3.63) is 0 Å². The van der Waals surface area contributed by atoms with Crippen molar-refractivity contribution in [1.29, 1.82) is 0 Å². The van der Waals surface area contributed by atoms with E-state index in [0.29, 0.717) is 6.42 Å². The zero-order valence-corrected chi connectivity index (χ0v) is 9.32. The van der Waals surface area contributed by atoms with Crippen molar-refractivity contribution in [1.82, 2.24) is 5.09 Å². The summed E-state index contributed by atoms with van der Waals surface area (Å²) in [5.74, 6) is 0. The number of nitrogens with one attached hydrogen (secondary N) is 1. The van der Waals surface area contributed by atoms with E-state index in [2.05, 4.69) is 0 Å². The van der Waals surface area contributed by atoms with Crippen LogP contribution in [0.15, 0.2) is 0 Å².